The summed E-state index contributed by atoms with van der Waals surface area (Å²) in [5, 5.41) is 11.0. The van der Waals surface area contributed by atoms with Gasteiger partial charge in [0, 0.05) is 26.2 Å². The van der Waals surface area contributed by atoms with Gasteiger partial charge in [-0.3, -0.25) is 0 Å². The average molecular weight is 389 g/mol. The van der Waals surface area contributed by atoms with Gasteiger partial charge < -0.3 is 9.80 Å². The van der Waals surface area contributed by atoms with Gasteiger partial charge >= 0.3 is 6.18 Å². The Morgan fingerprint density at radius 3 is 2.48 bits per heavy atom. The maximum atomic E-state index is 13.4. The Bertz CT molecular complexity index is 1020. The molecule has 0 N–H and O–H groups in total. The quantitative estimate of drug-likeness (QED) is 0.665. The Balaban J connectivity index is 1.60. The predicted molar refractivity (Wildman–Crippen MR) is 98.0 cm³/mol. The number of benzene rings is 1. The zero-order chi connectivity index (χ0) is 19.0. The normalized spacial score (nSPS) is 15.2. The van der Waals surface area contributed by atoms with Crippen molar-refractivity contribution in [2.45, 2.75) is 6.18 Å². The van der Waals surface area contributed by atoms with Crippen molar-refractivity contribution < 1.29 is 13.2 Å². The molecule has 1 aromatic carbocycles. The molecule has 3 aromatic rings. The van der Waals surface area contributed by atoms with E-state index in [1.165, 1.54) is 18.5 Å². The van der Waals surface area contributed by atoms with Crippen LogP contribution in [-0.4, -0.2) is 36.1 Å². The van der Waals surface area contributed by atoms with E-state index in [2.05, 4.69) is 14.9 Å². The van der Waals surface area contributed by atoms with E-state index in [0.717, 1.165) is 22.1 Å². The van der Waals surface area contributed by atoms with Crippen molar-refractivity contribution in [3.8, 4) is 6.07 Å². The molecule has 3 heterocycles. The summed E-state index contributed by atoms with van der Waals surface area (Å²) in [4.78, 5) is 12.3. The van der Waals surface area contributed by atoms with Crippen LogP contribution in [0.1, 0.15) is 11.1 Å². The minimum atomic E-state index is -4.46. The highest BCUT2D eigenvalue weighted by Crippen LogP contribution is 2.38. The van der Waals surface area contributed by atoms with Crippen molar-refractivity contribution in [1.29, 1.82) is 5.26 Å². The SMILES string of the molecule is N#Cc1ccc(C(F)(F)F)c(N2CCN(c3ncnc4ccsc34)CC2)c1. The van der Waals surface area contributed by atoms with Gasteiger partial charge in [0.2, 0.25) is 0 Å². The summed E-state index contributed by atoms with van der Waals surface area (Å²) in [6.45, 7) is 1.90. The molecule has 1 aliphatic heterocycles. The number of aromatic nitrogens is 2. The molecule has 138 valence electrons. The van der Waals surface area contributed by atoms with Gasteiger partial charge in [0.15, 0.2) is 0 Å². The molecule has 2 aromatic heterocycles. The fourth-order valence-electron chi connectivity index (χ4n) is 3.26. The van der Waals surface area contributed by atoms with Gasteiger partial charge in [0.05, 0.1) is 33.1 Å². The molecule has 1 aliphatic rings. The summed E-state index contributed by atoms with van der Waals surface area (Å²) in [5.74, 6) is 0.816. The zero-order valence-corrected chi connectivity index (χ0v) is 14.9. The number of piperazine rings is 1. The van der Waals surface area contributed by atoms with Crippen LogP contribution < -0.4 is 9.80 Å². The molecule has 0 radical (unpaired) electrons. The highest BCUT2D eigenvalue weighted by molar-refractivity contribution is 7.17. The van der Waals surface area contributed by atoms with Crippen LogP contribution in [0.4, 0.5) is 24.7 Å². The van der Waals surface area contributed by atoms with E-state index < -0.39 is 11.7 Å². The van der Waals surface area contributed by atoms with E-state index in [9.17, 15) is 13.2 Å². The number of alkyl halides is 3. The van der Waals surface area contributed by atoms with Crippen molar-refractivity contribution in [2.24, 2.45) is 0 Å². The van der Waals surface area contributed by atoms with Gasteiger partial charge in [0.25, 0.3) is 0 Å². The monoisotopic (exact) mass is 389 g/mol. The van der Waals surface area contributed by atoms with Crippen LogP contribution in [0.3, 0.4) is 0 Å². The van der Waals surface area contributed by atoms with Gasteiger partial charge in [-0.15, -0.1) is 11.3 Å². The molecule has 1 fully saturated rings. The van der Waals surface area contributed by atoms with E-state index in [0.29, 0.717) is 26.2 Å². The van der Waals surface area contributed by atoms with Crippen LogP contribution in [0.5, 0.6) is 0 Å². The molecule has 1 saturated heterocycles. The molecule has 0 aliphatic carbocycles. The van der Waals surface area contributed by atoms with Crippen LogP contribution in [0.2, 0.25) is 0 Å². The van der Waals surface area contributed by atoms with Crippen LogP contribution in [0, 0.1) is 11.3 Å². The number of hydrogen-bond donors (Lipinski definition) is 0. The minimum absolute atomic E-state index is 0.0603. The predicted octanol–water partition coefficient (Wildman–Crippen LogP) is 3.91. The molecule has 0 spiro atoms. The number of fused-ring (bicyclic) bond motifs is 1. The first kappa shape index (κ1) is 17.5. The number of rotatable bonds is 2. The van der Waals surface area contributed by atoms with E-state index in [4.69, 9.17) is 5.26 Å². The molecule has 0 bridgehead atoms. The fourth-order valence-corrected chi connectivity index (χ4v) is 4.12. The van der Waals surface area contributed by atoms with E-state index in [-0.39, 0.29) is 11.3 Å². The van der Waals surface area contributed by atoms with Crippen molar-refractivity contribution in [1.82, 2.24) is 9.97 Å². The third-order valence-corrected chi connectivity index (χ3v) is 5.48. The summed E-state index contributed by atoms with van der Waals surface area (Å²) in [6, 6.07) is 7.35. The Morgan fingerprint density at radius 2 is 1.78 bits per heavy atom. The standard InChI is InChI=1S/C18H14F3N5S/c19-18(20,21)13-2-1-12(10-22)9-15(13)25-4-6-26(7-5-25)17-16-14(3-8-27-16)23-11-24-17/h1-3,8-9,11H,4-7H2. The maximum Gasteiger partial charge on any atom is 0.418 e. The van der Waals surface area contributed by atoms with Crippen molar-refractivity contribution in [2.75, 3.05) is 36.0 Å². The highest BCUT2D eigenvalue weighted by Gasteiger charge is 2.35. The minimum Gasteiger partial charge on any atom is -0.367 e. The third-order valence-electron chi connectivity index (χ3n) is 4.58. The van der Waals surface area contributed by atoms with Gasteiger partial charge in [-0.1, -0.05) is 0 Å². The molecular weight excluding hydrogens is 375 g/mol. The molecule has 9 heteroatoms. The average Bonchev–Trinajstić information content (AvgIpc) is 3.16. The van der Waals surface area contributed by atoms with Crippen LogP contribution in [-0.2, 0) is 6.18 Å². The molecule has 0 unspecified atom stereocenters. The number of nitrogens with zero attached hydrogens (tertiary/aromatic N) is 5. The Labute approximate surface area is 157 Å². The first-order chi connectivity index (χ1) is 13.0. The summed E-state index contributed by atoms with van der Waals surface area (Å²) in [7, 11) is 0. The van der Waals surface area contributed by atoms with Crippen molar-refractivity contribution >= 4 is 33.1 Å². The Morgan fingerprint density at radius 1 is 1.04 bits per heavy atom. The second kappa shape index (κ2) is 6.70. The first-order valence-electron chi connectivity index (χ1n) is 8.27. The number of anilines is 2. The van der Waals surface area contributed by atoms with Gasteiger partial charge in [-0.25, -0.2) is 9.97 Å². The number of thiophene rings is 1. The zero-order valence-electron chi connectivity index (χ0n) is 14.1. The number of halogens is 3. The lowest BCUT2D eigenvalue weighted by Crippen LogP contribution is -2.47. The van der Waals surface area contributed by atoms with Gasteiger partial charge in [-0.2, -0.15) is 18.4 Å². The third kappa shape index (κ3) is 3.28. The molecule has 27 heavy (non-hydrogen) atoms. The lowest BCUT2D eigenvalue weighted by Gasteiger charge is -2.37. The second-order valence-corrected chi connectivity index (χ2v) is 7.06. The summed E-state index contributed by atoms with van der Waals surface area (Å²) in [5.41, 5.74) is 0.438. The topological polar surface area (TPSA) is 56.1 Å². The summed E-state index contributed by atoms with van der Waals surface area (Å²) >= 11 is 1.55. The molecule has 0 saturated carbocycles. The fraction of sp³-hybridized carbons (Fsp3) is 0.278. The number of hydrogen-bond acceptors (Lipinski definition) is 6. The lowest BCUT2D eigenvalue weighted by atomic mass is 10.1. The highest BCUT2D eigenvalue weighted by atomic mass is 32.1. The van der Waals surface area contributed by atoms with Gasteiger partial charge in [-0.05, 0) is 29.6 Å². The largest absolute Gasteiger partial charge is 0.418 e. The smallest absolute Gasteiger partial charge is 0.367 e. The maximum absolute atomic E-state index is 13.4. The summed E-state index contributed by atoms with van der Waals surface area (Å²) < 4.78 is 41.1. The lowest BCUT2D eigenvalue weighted by molar-refractivity contribution is -0.137. The van der Waals surface area contributed by atoms with Crippen molar-refractivity contribution in [3.05, 3.63) is 47.1 Å². The molecule has 0 atom stereocenters. The molecule has 4 rings (SSSR count). The van der Waals surface area contributed by atoms with Crippen molar-refractivity contribution in [3.63, 3.8) is 0 Å². The first-order valence-corrected chi connectivity index (χ1v) is 9.15. The molecular formula is C18H14F3N5S. The number of nitriles is 1. The van der Waals surface area contributed by atoms with Crippen LogP contribution in [0.25, 0.3) is 10.2 Å². The Hall–Kier alpha value is -2.86. The molecule has 0 amide bonds. The van der Waals surface area contributed by atoms with E-state index in [1.807, 2.05) is 17.5 Å². The Kier molecular flexibility index (Phi) is 4.36. The summed E-state index contributed by atoms with van der Waals surface area (Å²) in [6.07, 6.45) is -2.95. The van der Waals surface area contributed by atoms with E-state index >= 15 is 0 Å². The molecule has 5 nitrogen and oxygen atoms in total. The van der Waals surface area contributed by atoms with Gasteiger partial charge in [0.1, 0.15) is 12.1 Å². The van der Waals surface area contributed by atoms with E-state index in [1.54, 1.807) is 16.2 Å². The van der Waals surface area contributed by atoms with Crippen LogP contribution in [0.15, 0.2) is 36.0 Å². The van der Waals surface area contributed by atoms with Crippen LogP contribution >= 0.6 is 11.3 Å². The second-order valence-electron chi connectivity index (χ2n) is 6.15.